The van der Waals surface area contributed by atoms with Crippen molar-refractivity contribution in [2.75, 3.05) is 32.7 Å². The lowest BCUT2D eigenvalue weighted by molar-refractivity contribution is -0.199. The highest BCUT2D eigenvalue weighted by atomic mass is 16.7. The normalized spacial score (nSPS) is 28.9. The lowest BCUT2D eigenvalue weighted by Gasteiger charge is -2.64. The molecule has 1 aromatic rings. The lowest BCUT2D eigenvalue weighted by atomic mass is 9.43. The molecule has 14 heteroatoms. The fourth-order valence-electron chi connectivity index (χ4n) is 9.86. The molecule has 1 aromatic carbocycles. The summed E-state index contributed by atoms with van der Waals surface area (Å²) in [6.45, 7) is 22.4. The number of urea groups is 1. The lowest BCUT2D eigenvalue weighted by Crippen LogP contribution is -2.65. The minimum atomic E-state index is -0.954. The smallest absolute Gasteiger partial charge is 0.444 e. The van der Waals surface area contributed by atoms with Gasteiger partial charge in [0.2, 0.25) is 11.8 Å². The number of nitrogens with zero attached hydrogens (tertiary/aromatic N) is 3. The van der Waals surface area contributed by atoms with Crippen molar-refractivity contribution in [3.8, 4) is 0 Å². The van der Waals surface area contributed by atoms with Crippen molar-refractivity contribution in [2.45, 2.75) is 143 Å². The SMILES string of the molecule is CCC[C@H](NC(=O)[C@@H]1C[C@@H](OC(=O)N2Cc3ccccc3C2)CN1C(=O)[C@@H](NC(=O)NCCN(CC)CC)C(C)(C)C)B1O[C@@H]2C[C@@H]3C[C@@H](C3(C)C)[C@]2(C)O1. The molecule has 2 saturated heterocycles. The first kappa shape index (κ1) is 41.3. The molecule has 55 heavy (non-hydrogen) atoms. The number of likely N-dealkylation sites (tertiary alicyclic amines) is 1. The van der Waals surface area contributed by atoms with Gasteiger partial charge in [0.1, 0.15) is 18.2 Å². The third kappa shape index (κ3) is 8.37. The third-order valence-corrected chi connectivity index (χ3v) is 13.4. The van der Waals surface area contributed by atoms with Crippen LogP contribution in [-0.2, 0) is 36.7 Å². The van der Waals surface area contributed by atoms with Crippen molar-refractivity contribution < 1.29 is 33.2 Å². The zero-order valence-electron chi connectivity index (χ0n) is 34.6. The van der Waals surface area contributed by atoms with Gasteiger partial charge in [-0.2, -0.15) is 0 Å². The number of rotatable bonds is 13. The number of fused-ring (bicyclic) bond motifs is 1. The van der Waals surface area contributed by atoms with Gasteiger partial charge in [0.25, 0.3) is 0 Å². The Morgan fingerprint density at radius 1 is 1.00 bits per heavy atom. The Labute approximate surface area is 328 Å². The standard InChI is InChI=1S/C41H65BN6O7/c1-10-15-33(42-54-32-21-28-20-31(40(28,7)8)41(32,9)55-42)44-35(49)30-22-29(53-38(52)47-23-26-16-13-14-17-27(26)24-47)25-48(30)36(50)34(39(4,5)6)45-37(51)43-18-19-46(11-2)12-3/h13-14,16-17,28-34H,10-12,15,18-25H2,1-9H3,(H,44,49)(H2,43,45,51)/t28-,29+,30-,31-,32+,33-,34+,41-/m0/s1. The Balaban J connectivity index is 1.18. The maximum absolute atomic E-state index is 14.6. The molecule has 3 aliphatic heterocycles. The van der Waals surface area contributed by atoms with Crippen LogP contribution in [0.25, 0.3) is 0 Å². The Kier molecular flexibility index (Phi) is 12.2. The Morgan fingerprint density at radius 3 is 2.27 bits per heavy atom. The van der Waals surface area contributed by atoms with Gasteiger partial charge < -0.3 is 39.8 Å². The van der Waals surface area contributed by atoms with Gasteiger partial charge in [-0.3, -0.25) is 14.5 Å². The van der Waals surface area contributed by atoms with Crippen LogP contribution in [-0.4, -0.2) is 114 Å². The van der Waals surface area contributed by atoms with Gasteiger partial charge in [0.05, 0.1) is 24.2 Å². The van der Waals surface area contributed by atoms with Crippen LogP contribution in [0.3, 0.4) is 0 Å². The van der Waals surface area contributed by atoms with Crippen LogP contribution >= 0.6 is 0 Å². The molecule has 3 N–H and O–H groups in total. The maximum atomic E-state index is 14.6. The average molecular weight is 765 g/mol. The first-order valence-corrected chi connectivity index (χ1v) is 20.7. The van der Waals surface area contributed by atoms with Crippen molar-refractivity contribution in [3.05, 3.63) is 35.4 Å². The zero-order valence-corrected chi connectivity index (χ0v) is 34.6. The monoisotopic (exact) mass is 765 g/mol. The van der Waals surface area contributed by atoms with E-state index in [1.165, 1.54) is 4.90 Å². The number of likely N-dealkylation sites (N-methyl/N-ethyl adjacent to an activating group) is 1. The highest BCUT2D eigenvalue weighted by Crippen LogP contribution is 2.65. The number of amides is 5. The summed E-state index contributed by atoms with van der Waals surface area (Å²) in [4.78, 5) is 61.2. The summed E-state index contributed by atoms with van der Waals surface area (Å²) < 4.78 is 19.5. The Hall–Kier alpha value is -3.36. The second-order valence-corrected chi connectivity index (χ2v) is 18.3. The van der Waals surface area contributed by atoms with E-state index in [0.29, 0.717) is 44.4 Å². The van der Waals surface area contributed by atoms with E-state index in [1.54, 1.807) is 4.90 Å². The van der Waals surface area contributed by atoms with Gasteiger partial charge in [-0.25, -0.2) is 9.59 Å². The van der Waals surface area contributed by atoms with Gasteiger partial charge in [-0.15, -0.1) is 0 Å². The second kappa shape index (κ2) is 16.2. The molecule has 2 bridgehead atoms. The van der Waals surface area contributed by atoms with Crippen molar-refractivity contribution in [2.24, 2.45) is 22.7 Å². The van der Waals surface area contributed by atoms with Crippen LogP contribution in [0.2, 0.25) is 0 Å². The minimum absolute atomic E-state index is 0.0223. The summed E-state index contributed by atoms with van der Waals surface area (Å²) in [7, 11) is -0.617. The Bertz CT molecular complexity index is 1560. The highest BCUT2D eigenvalue weighted by molar-refractivity contribution is 6.48. The van der Waals surface area contributed by atoms with Gasteiger partial charge in [0.15, 0.2) is 0 Å². The van der Waals surface area contributed by atoms with Gasteiger partial charge in [-0.1, -0.05) is 86.1 Å². The minimum Gasteiger partial charge on any atom is -0.444 e. The van der Waals surface area contributed by atoms with E-state index in [9.17, 15) is 19.2 Å². The fourth-order valence-corrected chi connectivity index (χ4v) is 9.86. The third-order valence-electron chi connectivity index (χ3n) is 13.4. The van der Waals surface area contributed by atoms with Crippen LogP contribution in [0.1, 0.15) is 106 Å². The van der Waals surface area contributed by atoms with Gasteiger partial charge in [-0.05, 0) is 73.1 Å². The number of ether oxygens (including phenoxy) is 1. The first-order chi connectivity index (χ1) is 26.0. The number of hydrogen-bond acceptors (Lipinski definition) is 8. The number of hydrogen-bond donors (Lipinski definition) is 3. The molecule has 7 rings (SSSR count). The molecule has 0 spiro atoms. The van der Waals surface area contributed by atoms with Crippen molar-refractivity contribution >= 4 is 31.1 Å². The molecule has 0 aromatic heterocycles. The van der Waals surface area contributed by atoms with Crippen molar-refractivity contribution in [1.29, 1.82) is 0 Å². The molecule has 8 atom stereocenters. The summed E-state index contributed by atoms with van der Waals surface area (Å²) in [5, 5.41) is 9.05. The van der Waals surface area contributed by atoms with E-state index in [4.69, 9.17) is 14.0 Å². The van der Waals surface area contributed by atoms with Crippen LogP contribution in [0, 0.1) is 22.7 Å². The quantitative estimate of drug-likeness (QED) is 0.246. The molecule has 13 nitrogen and oxygen atoms in total. The molecular weight excluding hydrogens is 699 g/mol. The number of benzene rings is 1. The molecule has 0 radical (unpaired) electrons. The number of nitrogens with one attached hydrogen (secondary N) is 3. The van der Waals surface area contributed by atoms with Crippen LogP contribution in [0.5, 0.6) is 0 Å². The van der Waals surface area contributed by atoms with Crippen LogP contribution in [0.15, 0.2) is 24.3 Å². The molecule has 3 aliphatic carbocycles. The average Bonchev–Trinajstić information content (AvgIpc) is 3.86. The topological polar surface area (TPSA) is 142 Å². The van der Waals surface area contributed by atoms with E-state index >= 15 is 0 Å². The van der Waals surface area contributed by atoms with Crippen LogP contribution < -0.4 is 16.0 Å². The van der Waals surface area contributed by atoms with E-state index in [2.05, 4.69) is 62.4 Å². The molecule has 3 saturated carbocycles. The largest absolute Gasteiger partial charge is 0.481 e. The van der Waals surface area contributed by atoms with E-state index in [0.717, 1.165) is 43.5 Å². The molecule has 304 valence electrons. The molecule has 5 amide bonds. The predicted molar refractivity (Wildman–Crippen MR) is 211 cm³/mol. The molecule has 6 aliphatic rings. The summed E-state index contributed by atoms with van der Waals surface area (Å²) in [5.41, 5.74) is 1.20. The first-order valence-electron chi connectivity index (χ1n) is 20.7. The van der Waals surface area contributed by atoms with E-state index in [1.807, 2.05) is 45.0 Å². The van der Waals surface area contributed by atoms with Crippen LogP contribution in [0.4, 0.5) is 9.59 Å². The summed E-state index contributed by atoms with van der Waals surface area (Å²) in [6, 6.07) is 5.56. The maximum Gasteiger partial charge on any atom is 0.481 e. The molecular formula is C41H65BN6O7. The van der Waals surface area contributed by atoms with Crippen molar-refractivity contribution in [1.82, 2.24) is 30.7 Å². The number of carbonyl (C=O) groups excluding carboxylic acids is 4. The predicted octanol–water partition coefficient (Wildman–Crippen LogP) is 4.72. The number of carbonyl (C=O) groups is 4. The highest BCUT2D eigenvalue weighted by Gasteiger charge is 2.68. The van der Waals surface area contributed by atoms with Gasteiger partial charge >= 0.3 is 19.2 Å². The molecule has 5 fully saturated rings. The summed E-state index contributed by atoms with van der Waals surface area (Å²) in [6.07, 6.45) is 2.37. The molecule has 3 heterocycles. The Morgan fingerprint density at radius 2 is 1.67 bits per heavy atom. The van der Waals surface area contributed by atoms with Gasteiger partial charge in [0, 0.05) is 32.6 Å². The summed E-state index contributed by atoms with van der Waals surface area (Å²) >= 11 is 0. The van der Waals surface area contributed by atoms with E-state index in [-0.39, 0.29) is 30.4 Å². The molecule has 0 unspecified atom stereocenters. The van der Waals surface area contributed by atoms with E-state index < -0.39 is 60.3 Å². The van der Waals surface area contributed by atoms with Crippen molar-refractivity contribution in [3.63, 3.8) is 0 Å². The fraction of sp³-hybridized carbons (Fsp3) is 0.756. The zero-order chi connectivity index (χ0) is 39.9. The summed E-state index contributed by atoms with van der Waals surface area (Å²) in [5.74, 6) is -0.218. The second-order valence-electron chi connectivity index (χ2n) is 18.3.